The Morgan fingerprint density at radius 3 is 2.03 bits per heavy atom. The molecule has 1 amide bonds. The highest BCUT2D eigenvalue weighted by molar-refractivity contribution is 6.06. The summed E-state index contributed by atoms with van der Waals surface area (Å²) in [6, 6.07) is 0. The van der Waals surface area contributed by atoms with Crippen LogP contribution in [-0.2, 0) is 38.1 Å². The lowest BCUT2D eigenvalue weighted by atomic mass is 9.40. The molecule has 5 heterocycles. The zero-order valence-electron chi connectivity index (χ0n) is 35.3. The lowest BCUT2D eigenvalue weighted by Crippen LogP contribution is -2.87. The molecule has 7 N–H and O–H groups in total. The first kappa shape index (κ1) is 39.9. The second-order valence-corrected chi connectivity index (χ2v) is 23.0. The number of carboxylic acids is 1. The first-order valence-electron chi connectivity index (χ1n) is 22.1. The molecule has 0 aromatic rings. The van der Waals surface area contributed by atoms with Crippen LogP contribution in [0.1, 0.15) is 66.7 Å². The third-order valence-electron chi connectivity index (χ3n) is 20.6. The fourth-order valence-corrected chi connectivity index (χ4v) is 19.1. The summed E-state index contributed by atoms with van der Waals surface area (Å²) < 4.78 is 27.0. The van der Waals surface area contributed by atoms with E-state index in [1.54, 1.807) is 34.6 Å². The number of hydrogen-bond acceptors (Lipinski definition) is 14. The van der Waals surface area contributed by atoms with Gasteiger partial charge in [0.05, 0.1) is 55.0 Å². The van der Waals surface area contributed by atoms with Gasteiger partial charge in [0, 0.05) is 47.5 Å². The van der Waals surface area contributed by atoms with Gasteiger partial charge in [0.2, 0.25) is 17.5 Å². The van der Waals surface area contributed by atoms with Crippen molar-refractivity contribution in [3.05, 3.63) is 24.3 Å². The van der Waals surface area contributed by atoms with Crippen LogP contribution in [0.4, 0.5) is 0 Å². The van der Waals surface area contributed by atoms with Crippen LogP contribution in [0.5, 0.6) is 0 Å². The quantitative estimate of drug-likeness (QED) is 0.183. The molecule has 13 rings (SSSR count). The van der Waals surface area contributed by atoms with Gasteiger partial charge in [0.25, 0.3) is 0 Å². The van der Waals surface area contributed by atoms with E-state index in [0.29, 0.717) is 25.7 Å². The van der Waals surface area contributed by atoms with E-state index in [-0.39, 0.29) is 30.7 Å². The molecule has 61 heavy (non-hydrogen) atoms. The number of ketones is 2. The number of aliphatic carboxylic acids is 1. The number of carbonyl (C=O) groups excluding carboxylic acids is 3. The molecule has 16 heteroatoms. The van der Waals surface area contributed by atoms with Crippen LogP contribution in [0.2, 0.25) is 0 Å². The van der Waals surface area contributed by atoms with Crippen molar-refractivity contribution in [2.45, 2.75) is 126 Å². The smallest absolute Gasteiger partial charge is 0.309 e. The molecule has 8 aliphatic carbocycles. The van der Waals surface area contributed by atoms with Crippen LogP contribution in [0.3, 0.4) is 0 Å². The summed E-state index contributed by atoms with van der Waals surface area (Å²) in [6.45, 7) is 16.2. The third kappa shape index (κ3) is 3.40. The normalized spacial score (nSPS) is 61.3. The number of hydrogen-bond donors (Lipinski definition) is 7. The van der Waals surface area contributed by atoms with Gasteiger partial charge in [-0.3, -0.25) is 19.2 Å². The van der Waals surface area contributed by atoms with Gasteiger partial charge < -0.3 is 59.6 Å². The monoisotopic (exact) mass is 851 g/mol. The van der Waals surface area contributed by atoms with E-state index in [1.165, 1.54) is 11.9 Å². The highest BCUT2D eigenvalue weighted by atomic mass is 16.8. The Balaban J connectivity index is 0.902. The Bertz CT molecular complexity index is 2230. The lowest BCUT2D eigenvalue weighted by Gasteiger charge is -2.74. The van der Waals surface area contributed by atoms with Gasteiger partial charge in [0.15, 0.2) is 17.4 Å². The minimum Gasteiger partial charge on any atom is -0.481 e. The molecule has 13 fully saturated rings. The van der Waals surface area contributed by atoms with Crippen molar-refractivity contribution in [2.24, 2.45) is 79.8 Å². The van der Waals surface area contributed by atoms with Crippen LogP contribution < -0.4 is 0 Å². The van der Waals surface area contributed by atoms with Gasteiger partial charge in [0.1, 0.15) is 23.0 Å². The maximum absolute atomic E-state index is 15.1. The summed E-state index contributed by atoms with van der Waals surface area (Å²) in [5, 5.41) is 84.5. The SMILES string of the molecule is C=C1C(=O)C23C(O)[C@H]1CC[C@H]2C12C[C@]14[C@H](O)C(C(=O)N(C)CC1(C)O[C@@H]5[C@H]6CCC7[C@@]89CO[C@](O1)([C@@H](O)[C@@H]8C(C)(C)C(C(=O)O)[C@H]9O)[C@]75C(=O)C6=C)C(C)(C)[C@H]4[C@H](O)[C@@]3(O)O2. The predicted octanol–water partition coefficient (Wildman–Crippen LogP) is -0.0993. The van der Waals surface area contributed by atoms with Crippen molar-refractivity contribution >= 4 is 23.4 Å². The summed E-state index contributed by atoms with van der Waals surface area (Å²) in [6.07, 6.45) is -6.68. The molecule has 16 nitrogen and oxygen atoms in total. The van der Waals surface area contributed by atoms with Crippen molar-refractivity contribution in [2.75, 3.05) is 20.2 Å². The van der Waals surface area contributed by atoms with Gasteiger partial charge >= 0.3 is 5.97 Å². The molecular formula is C45H57NO15. The number of aliphatic hydroxyl groups is 6. The van der Waals surface area contributed by atoms with Gasteiger partial charge in [-0.1, -0.05) is 40.9 Å². The Kier molecular flexibility index (Phi) is 6.91. The van der Waals surface area contributed by atoms with E-state index >= 15 is 4.79 Å². The predicted molar refractivity (Wildman–Crippen MR) is 204 cm³/mol. The highest BCUT2D eigenvalue weighted by Gasteiger charge is 3.00. The van der Waals surface area contributed by atoms with E-state index in [1.807, 2.05) is 0 Å². The van der Waals surface area contributed by atoms with E-state index in [9.17, 15) is 50.1 Å². The largest absolute Gasteiger partial charge is 0.481 e. The zero-order valence-corrected chi connectivity index (χ0v) is 35.3. The van der Waals surface area contributed by atoms with Crippen LogP contribution >= 0.6 is 0 Å². The summed E-state index contributed by atoms with van der Waals surface area (Å²) in [7, 11) is 1.52. The number of aliphatic hydroxyl groups excluding tert-OH is 5. The van der Waals surface area contributed by atoms with Crippen LogP contribution in [0.15, 0.2) is 24.3 Å². The number of carboxylic acid groups (broad SMARTS) is 1. The minimum atomic E-state index is -2.49. The van der Waals surface area contributed by atoms with Crippen molar-refractivity contribution in [3.8, 4) is 0 Å². The van der Waals surface area contributed by atoms with Crippen molar-refractivity contribution in [1.29, 1.82) is 0 Å². The second kappa shape index (κ2) is 10.6. The molecule has 0 aromatic heterocycles. The van der Waals surface area contributed by atoms with Crippen LogP contribution in [-0.4, -0.2) is 144 Å². The first-order chi connectivity index (χ1) is 28.3. The molecule has 22 atom stereocenters. The van der Waals surface area contributed by atoms with Gasteiger partial charge in [-0.05, 0) is 66.9 Å². The maximum atomic E-state index is 15.1. The Labute approximate surface area is 352 Å². The average molecular weight is 852 g/mol. The molecule has 7 unspecified atom stereocenters. The molecule has 0 aromatic carbocycles. The number of amides is 1. The molecule has 6 spiro atoms. The number of fused-ring (bicyclic) bond motifs is 3. The molecule has 332 valence electrons. The average Bonchev–Trinajstić information content (AvgIpc) is 3.58. The Morgan fingerprint density at radius 1 is 0.754 bits per heavy atom. The molecule has 5 aliphatic heterocycles. The van der Waals surface area contributed by atoms with Crippen LogP contribution in [0, 0.1) is 79.8 Å². The number of carbonyl (C=O) groups is 4. The molecule has 13 aliphatic rings. The van der Waals surface area contributed by atoms with Gasteiger partial charge in [-0.25, -0.2) is 0 Å². The van der Waals surface area contributed by atoms with Crippen molar-refractivity contribution in [3.63, 3.8) is 0 Å². The van der Waals surface area contributed by atoms with Crippen molar-refractivity contribution in [1.82, 2.24) is 4.90 Å². The minimum absolute atomic E-state index is 0.161. The number of nitrogens with zero attached hydrogens (tertiary/aromatic N) is 1. The summed E-state index contributed by atoms with van der Waals surface area (Å²) in [4.78, 5) is 58.2. The Morgan fingerprint density at radius 2 is 1.36 bits per heavy atom. The van der Waals surface area contributed by atoms with E-state index < -0.39 is 163 Å². The van der Waals surface area contributed by atoms with Gasteiger partial charge in [-0.2, -0.15) is 0 Å². The molecule has 8 bridgehead atoms. The fourth-order valence-electron chi connectivity index (χ4n) is 19.1. The number of ether oxygens (including phenoxy) is 4. The lowest BCUT2D eigenvalue weighted by molar-refractivity contribution is -0.529. The topological polar surface area (TPSA) is 250 Å². The second-order valence-electron chi connectivity index (χ2n) is 23.0. The fraction of sp³-hybridized carbons (Fsp3) is 0.822. The van der Waals surface area contributed by atoms with E-state index in [0.717, 1.165) is 0 Å². The van der Waals surface area contributed by atoms with Gasteiger partial charge in [-0.15, -0.1) is 0 Å². The number of likely N-dealkylation sites (N-methyl/N-ethyl adjacent to an activating group) is 1. The Hall–Kier alpha value is -2.64. The summed E-state index contributed by atoms with van der Waals surface area (Å²) >= 11 is 0. The summed E-state index contributed by atoms with van der Waals surface area (Å²) in [5.41, 5.74) is -9.28. The molecule has 0 radical (unpaired) electrons. The maximum Gasteiger partial charge on any atom is 0.309 e. The number of Topliss-reactive ketones (excluding diaryl/α,β-unsaturated/α-hetero) is 2. The molecule has 8 saturated carbocycles. The van der Waals surface area contributed by atoms with E-state index in [4.69, 9.17) is 18.9 Å². The first-order valence-corrected chi connectivity index (χ1v) is 22.1. The zero-order chi connectivity index (χ0) is 43.9. The highest BCUT2D eigenvalue weighted by Crippen LogP contribution is 2.89. The third-order valence-corrected chi connectivity index (χ3v) is 20.6. The molecular weight excluding hydrogens is 794 g/mol. The summed E-state index contributed by atoms with van der Waals surface area (Å²) in [5.74, 6) is -15.8. The van der Waals surface area contributed by atoms with Crippen LogP contribution in [0.25, 0.3) is 0 Å². The van der Waals surface area contributed by atoms with E-state index in [2.05, 4.69) is 13.2 Å². The standard InChI is InChI=1S/C45H57NO15/c1-16-18-9-12-21-41-13-40(41)25(31(52)44(57,61-41)42(21,26(16)47)28(18)49)36(3,4)22(30(40)51)34(54)46(8)14-38(7)59-33-19-10-11-20-39-15-58-45(60-38,43(20,33)27(48)17(19)2)32(53)24(39)37(5,6)23(29(39)50)35(55)56/h18-25,28-33,49-53,57H,1-2,9-15H2,3-8H3,(H,55,56)/t18-,19-,20?,21-,22?,23?,24+,25+,28?,29+,30+,31-,32-,33+,38?,39-,40-,41?,42?,43-,44+,45-/m0/s1. The molecule has 5 saturated heterocycles. The number of rotatable bonds is 4. The van der Waals surface area contributed by atoms with Crippen molar-refractivity contribution < 1.29 is 73.9 Å².